The molecule has 0 radical (unpaired) electrons. The number of hydrogen-bond acceptors (Lipinski definition) is 3. The van der Waals surface area contributed by atoms with Crippen LogP contribution >= 0.6 is 15.9 Å². The van der Waals surface area contributed by atoms with Gasteiger partial charge in [-0.2, -0.15) is 0 Å². The van der Waals surface area contributed by atoms with Crippen LogP contribution in [0.3, 0.4) is 0 Å². The highest BCUT2D eigenvalue weighted by Gasteiger charge is 2.18. The first-order valence-electron chi connectivity index (χ1n) is 5.36. The predicted molar refractivity (Wildman–Crippen MR) is 67.7 cm³/mol. The standard InChI is InChI=1S/C10H18BrN3O3/c1-3-8(15)13-5-7(10(17)12-2)6-14-9(16)4-11/h7H,3-6H2,1-2H3,(H,12,17)(H,13,15)(H,14,16). The Balaban J connectivity index is 4.19. The fraction of sp³-hybridized carbons (Fsp3) is 0.700. The fourth-order valence-corrected chi connectivity index (χ4v) is 1.31. The van der Waals surface area contributed by atoms with E-state index in [0.29, 0.717) is 6.42 Å². The molecule has 0 saturated carbocycles. The van der Waals surface area contributed by atoms with Crippen LogP contribution < -0.4 is 16.0 Å². The van der Waals surface area contributed by atoms with Gasteiger partial charge < -0.3 is 16.0 Å². The molecule has 3 N–H and O–H groups in total. The minimum absolute atomic E-state index is 0.120. The minimum Gasteiger partial charge on any atom is -0.359 e. The summed E-state index contributed by atoms with van der Waals surface area (Å²) in [4.78, 5) is 33.6. The maximum Gasteiger partial charge on any atom is 0.230 e. The van der Waals surface area contributed by atoms with Crippen molar-refractivity contribution in [3.8, 4) is 0 Å². The molecule has 1 atom stereocenters. The van der Waals surface area contributed by atoms with Crippen molar-refractivity contribution in [2.24, 2.45) is 5.92 Å². The van der Waals surface area contributed by atoms with Crippen molar-refractivity contribution in [3.05, 3.63) is 0 Å². The second kappa shape index (κ2) is 8.98. The maximum absolute atomic E-state index is 11.5. The SMILES string of the molecule is CCC(=O)NCC(CNC(=O)CBr)C(=O)NC. The molecule has 6 nitrogen and oxygen atoms in total. The zero-order valence-corrected chi connectivity index (χ0v) is 11.6. The summed E-state index contributed by atoms with van der Waals surface area (Å²) in [6.07, 6.45) is 0.369. The van der Waals surface area contributed by atoms with Gasteiger partial charge in [0, 0.05) is 26.6 Å². The van der Waals surface area contributed by atoms with E-state index in [4.69, 9.17) is 0 Å². The van der Waals surface area contributed by atoms with Crippen LogP contribution in [0.5, 0.6) is 0 Å². The zero-order valence-electron chi connectivity index (χ0n) is 10.0. The van der Waals surface area contributed by atoms with Gasteiger partial charge in [-0.25, -0.2) is 0 Å². The molecule has 0 heterocycles. The highest BCUT2D eigenvalue weighted by atomic mass is 79.9. The molecular formula is C10H18BrN3O3. The average Bonchev–Trinajstić information content (AvgIpc) is 2.36. The van der Waals surface area contributed by atoms with Crippen LogP contribution in [0.2, 0.25) is 0 Å². The summed E-state index contributed by atoms with van der Waals surface area (Å²) in [5, 5.41) is 7.90. The highest BCUT2D eigenvalue weighted by Crippen LogP contribution is 1.94. The Morgan fingerprint density at radius 1 is 1.12 bits per heavy atom. The third-order valence-corrected chi connectivity index (χ3v) is 2.66. The molecule has 98 valence electrons. The molecule has 0 aromatic carbocycles. The molecular weight excluding hydrogens is 290 g/mol. The Bertz CT molecular complexity index is 264. The summed E-state index contributed by atoms with van der Waals surface area (Å²) >= 11 is 3.01. The summed E-state index contributed by atoms with van der Waals surface area (Å²) in [6.45, 7) is 2.15. The van der Waals surface area contributed by atoms with Gasteiger partial charge in [0.05, 0.1) is 11.2 Å². The summed E-state index contributed by atoms with van der Waals surface area (Å²) < 4.78 is 0. The molecule has 0 saturated heterocycles. The Labute approximate surface area is 109 Å². The van der Waals surface area contributed by atoms with Crippen LogP contribution in [0.1, 0.15) is 13.3 Å². The van der Waals surface area contributed by atoms with Crippen LogP contribution in [0.25, 0.3) is 0 Å². The van der Waals surface area contributed by atoms with Crippen LogP contribution in [-0.4, -0.2) is 43.2 Å². The maximum atomic E-state index is 11.5. The first-order valence-corrected chi connectivity index (χ1v) is 6.48. The van der Waals surface area contributed by atoms with Gasteiger partial charge in [-0.05, 0) is 0 Å². The third kappa shape index (κ3) is 6.93. The quantitative estimate of drug-likeness (QED) is 0.548. The molecule has 0 rings (SSSR count). The van der Waals surface area contributed by atoms with E-state index in [2.05, 4.69) is 31.9 Å². The van der Waals surface area contributed by atoms with Gasteiger partial charge >= 0.3 is 0 Å². The molecule has 7 heteroatoms. The molecule has 0 fully saturated rings. The summed E-state index contributed by atoms with van der Waals surface area (Å²) in [6, 6.07) is 0. The molecule has 0 aliphatic heterocycles. The molecule has 0 aliphatic carbocycles. The number of halogens is 1. The van der Waals surface area contributed by atoms with Crippen LogP contribution in [0.4, 0.5) is 0 Å². The van der Waals surface area contributed by atoms with E-state index in [9.17, 15) is 14.4 Å². The van der Waals surface area contributed by atoms with E-state index in [1.807, 2.05) is 0 Å². The normalized spacial score (nSPS) is 11.5. The van der Waals surface area contributed by atoms with Crippen molar-refractivity contribution in [2.75, 3.05) is 25.5 Å². The Kier molecular flexibility index (Phi) is 8.39. The lowest BCUT2D eigenvalue weighted by Crippen LogP contribution is -2.44. The first-order chi connectivity index (χ1) is 8.04. The molecule has 0 aliphatic rings. The lowest BCUT2D eigenvalue weighted by molar-refractivity contribution is -0.125. The van der Waals surface area contributed by atoms with Gasteiger partial charge in [-0.3, -0.25) is 14.4 Å². The smallest absolute Gasteiger partial charge is 0.230 e. The van der Waals surface area contributed by atoms with Gasteiger partial charge in [0.1, 0.15) is 0 Å². The number of carbonyl (C=O) groups is 3. The van der Waals surface area contributed by atoms with Crippen molar-refractivity contribution >= 4 is 33.7 Å². The zero-order chi connectivity index (χ0) is 13.3. The number of hydrogen-bond donors (Lipinski definition) is 3. The lowest BCUT2D eigenvalue weighted by Gasteiger charge is -2.16. The predicted octanol–water partition coefficient (Wildman–Crippen LogP) is -0.614. The fourth-order valence-electron chi connectivity index (χ4n) is 1.11. The lowest BCUT2D eigenvalue weighted by atomic mass is 10.1. The van der Waals surface area contributed by atoms with Crippen LogP contribution in [0, 0.1) is 5.92 Å². The average molecular weight is 308 g/mol. The number of nitrogens with one attached hydrogen (secondary N) is 3. The summed E-state index contributed by atoms with van der Waals surface area (Å²) in [5.41, 5.74) is 0. The van der Waals surface area contributed by atoms with Crippen molar-refractivity contribution in [1.82, 2.24) is 16.0 Å². The van der Waals surface area contributed by atoms with E-state index in [1.165, 1.54) is 7.05 Å². The largest absolute Gasteiger partial charge is 0.359 e. The van der Waals surface area contributed by atoms with E-state index >= 15 is 0 Å². The second-order valence-electron chi connectivity index (χ2n) is 3.41. The number of carbonyl (C=O) groups excluding carboxylic acids is 3. The van der Waals surface area contributed by atoms with Gasteiger partial charge in [0.25, 0.3) is 0 Å². The topological polar surface area (TPSA) is 87.3 Å². The van der Waals surface area contributed by atoms with E-state index in [0.717, 1.165) is 0 Å². The molecule has 1 unspecified atom stereocenters. The summed E-state index contributed by atoms with van der Waals surface area (Å²) in [5.74, 6) is -0.985. The molecule has 3 amide bonds. The van der Waals surface area contributed by atoms with E-state index < -0.39 is 5.92 Å². The van der Waals surface area contributed by atoms with Crippen molar-refractivity contribution in [2.45, 2.75) is 13.3 Å². The molecule has 0 aromatic heterocycles. The Morgan fingerprint density at radius 2 is 1.65 bits per heavy atom. The number of amides is 3. The third-order valence-electron chi connectivity index (χ3n) is 2.15. The van der Waals surface area contributed by atoms with E-state index in [1.54, 1.807) is 6.92 Å². The first kappa shape index (κ1) is 15.9. The minimum atomic E-state index is -0.460. The van der Waals surface area contributed by atoms with Crippen molar-refractivity contribution < 1.29 is 14.4 Å². The molecule has 17 heavy (non-hydrogen) atoms. The van der Waals surface area contributed by atoms with Crippen LogP contribution in [0.15, 0.2) is 0 Å². The van der Waals surface area contributed by atoms with Gasteiger partial charge in [0.2, 0.25) is 17.7 Å². The molecule has 0 spiro atoms. The second-order valence-corrected chi connectivity index (χ2v) is 3.97. The van der Waals surface area contributed by atoms with Crippen LogP contribution in [-0.2, 0) is 14.4 Å². The summed E-state index contributed by atoms with van der Waals surface area (Å²) in [7, 11) is 1.52. The monoisotopic (exact) mass is 307 g/mol. The number of alkyl halides is 1. The Morgan fingerprint density at radius 3 is 2.06 bits per heavy atom. The van der Waals surface area contributed by atoms with Crippen molar-refractivity contribution in [3.63, 3.8) is 0 Å². The number of rotatable bonds is 7. The molecule has 0 aromatic rings. The highest BCUT2D eigenvalue weighted by molar-refractivity contribution is 9.09. The van der Waals surface area contributed by atoms with Gasteiger partial charge in [-0.1, -0.05) is 22.9 Å². The van der Waals surface area contributed by atoms with Gasteiger partial charge in [-0.15, -0.1) is 0 Å². The van der Waals surface area contributed by atoms with E-state index in [-0.39, 0.29) is 36.1 Å². The Hall–Kier alpha value is -1.11. The molecule has 0 bridgehead atoms. The van der Waals surface area contributed by atoms with Crippen molar-refractivity contribution in [1.29, 1.82) is 0 Å². The van der Waals surface area contributed by atoms with Gasteiger partial charge in [0.15, 0.2) is 0 Å².